The number of carboxylic acid groups (broad SMARTS) is 1. The van der Waals surface area contributed by atoms with Gasteiger partial charge in [-0.25, -0.2) is 4.79 Å². The van der Waals surface area contributed by atoms with Gasteiger partial charge in [0, 0.05) is 13.7 Å². The van der Waals surface area contributed by atoms with Gasteiger partial charge in [0.1, 0.15) is 12.1 Å². The summed E-state index contributed by atoms with van der Waals surface area (Å²) in [7, 11) is 1.56. The second kappa shape index (κ2) is 7.45. The monoisotopic (exact) mass is 273 g/mol. The van der Waals surface area contributed by atoms with Crippen molar-refractivity contribution in [3.63, 3.8) is 0 Å². The number of aliphatic carboxylic acids is 1. The van der Waals surface area contributed by atoms with Crippen molar-refractivity contribution in [3.8, 4) is 0 Å². The number of hydrogen-bond acceptors (Lipinski definition) is 4. The van der Waals surface area contributed by atoms with Gasteiger partial charge in [0.15, 0.2) is 0 Å². The van der Waals surface area contributed by atoms with Crippen molar-refractivity contribution in [2.24, 2.45) is 0 Å². The van der Waals surface area contributed by atoms with Crippen LogP contribution in [0.3, 0.4) is 0 Å². The first kappa shape index (κ1) is 15.9. The van der Waals surface area contributed by atoms with E-state index in [1.54, 1.807) is 7.11 Å². The van der Waals surface area contributed by atoms with Crippen molar-refractivity contribution in [2.75, 3.05) is 33.5 Å². The Labute approximate surface area is 113 Å². The Kier molecular flexibility index (Phi) is 6.24. The molecule has 1 fully saturated rings. The highest BCUT2D eigenvalue weighted by Gasteiger charge is 2.48. The van der Waals surface area contributed by atoms with Gasteiger partial charge in [-0.3, -0.25) is 4.79 Å². The molecule has 1 heterocycles. The minimum atomic E-state index is -1.03. The Morgan fingerprint density at radius 2 is 2.11 bits per heavy atom. The Bertz CT molecular complexity index is 320. The molecule has 6 nitrogen and oxygen atoms in total. The Morgan fingerprint density at radius 1 is 1.37 bits per heavy atom. The van der Waals surface area contributed by atoms with Crippen LogP contribution in [0.15, 0.2) is 0 Å². The molecule has 19 heavy (non-hydrogen) atoms. The van der Waals surface area contributed by atoms with Crippen molar-refractivity contribution >= 4 is 11.9 Å². The van der Waals surface area contributed by atoms with Crippen LogP contribution >= 0.6 is 0 Å². The lowest BCUT2D eigenvalue weighted by Gasteiger charge is -2.34. The van der Waals surface area contributed by atoms with Crippen LogP contribution in [0.25, 0.3) is 0 Å². The molecule has 1 rings (SSSR count). The smallest absolute Gasteiger partial charge is 0.329 e. The fourth-order valence-electron chi connectivity index (χ4n) is 2.62. The zero-order valence-corrected chi connectivity index (χ0v) is 11.7. The molecule has 0 saturated carbocycles. The molecule has 1 unspecified atom stereocenters. The van der Waals surface area contributed by atoms with Crippen LogP contribution in [0, 0.1) is 0 Å². The molecule has 1 saturated heterocycles. The molecule has 0 spiro atoms. The van der Waals surface area contributed by atoms with Gasteiger partial charge in [-0.1, -0.05) is 13.3 Å². The third-order valence-corrected chi connectivity index (χ3v) is 3.51. The van der Waals surface area contributed by atoms with Crippen molar-refractivity contribution in [1.82, 2.24) is 4.90 Å². The summed E-state index contributed by atoms with van der Waals surface area (Å²) in [5.41, 5.74) is -1.03. The topological polar surface area (TPSA) is 76.1 Å². The second-order valence-electron chi connectivity index (χ2n) is 4.78. The number of hydrogen-bond donors (Lipinski definition) is 1. The summed E-state index contributed by atoms with van der Waals surface area (Å²) in [4.78, 5) is 25.1. The van der Waals surface area contributed by atoms with Gasteiger partial charge in [0.25, 0.3) is 0 Å². The van der Waals surface area contributed by atoms with Crippen LogP contribution in [-0.4, -0.2) is 60.9 Å². The van der Waals surface area contributed by atoms with E-state index in [2.05, 4.69) is 0 Å². The van der Waals surface area contributed by atoms with Crippen LogP contribution < -0.4 is 0 Å². The van der Waals surface area contributed by atoms with Crippen LogP contribution in [0.4, 0.5) is 0 Å². The van der Waals surface area contributed by atoms with Gasteiger partial charge in [0.05, 0.1) is 13.2 Å². The lowest BCUT2D eigenvalue weighted by molar-refractivity contribution is -0.159. The molecule has 1 atom stereocenters. The molecule has 1 amide bonds. The quantitative estimate of drug-likeness (QED) is 0.665. The summed E-state index contributed by atoms with van der Waals surface area (Å²) < 4.78 is 10.0. The first-order chi connectivity index (χ1) is 9.08. The Morgan fingerprint density at radius 3 is 2.68 bits per heavy atom. The average Bonchev–Trinajstić information content (AvgIpc) is 2.80. The van der Waals surface area contributed by atoms with E-state index < -0.39 is 11.5 Å². The maximum Gasteiger partial charge on any atom is 0.329 e. The van der Waals surface area contributed by atoms with E-state index >= 15 is 0 Å². The van der Waals surface area contributed by atoms with Gasteiger partial charge in [0.2, 0.25) is 5.91 Å². The number of ether oxygens (including phenoxy) is 2. The molecule has 1 aliphatic rings. The normalized spacial score (nSPS) is 22.7. The third-order valence-electron chi connectivity index (χ3n) is 3.51. The number of amides is 1. The summed E-state index contributed by atoms with van der Waals surface area (Å²) >= 11 is 0. The first-order valence-corrected chi connectivity index (χ1v) is 6.69. The summed E-state index contributed by atoms with van der Waals surface area (Å²) in [6, 6.07) is 0. The maximum atomic E-state index is 12.1. The lowest BCUT2D eigenvalue weighted by Crippen LogP contribution is -2.54. The SMILES string of the molecule is CCCC1(C(=O)O)CCCN1C(=O)COCCOC. The van der Waals surface area contributed by atoms with E-state index in [1.165, 1.54) is 4.90 Å². The summed E-state index contributed by atoms with van der Waals surface area (Å²) in [6.07, 6.45) is 2.49. The van der Waals surface area contributed by atoms with E-state index in [-0.39, 0.29) is 12.5 Å². The van der Waals surface area contributed by atoms with Crippen molar-refractivity contribution in [1.29, 1.82) is 0 Å². The van der Waals surface area contributed by atoms with Gasteiger partial charge < -0.3 is 19.5 Å². The van der Waals surface area contributed by atoms with Crippen molar-refractivity contribution in [2.45, 2.75) is 38.1 Å². The van der Waals surface area contributed by atoms with E-state index in [4.69, 9.17) is 9.47 Å². The maximum absolute atomic E-state index is 12.1. The molecule has 0 bridgehead atoms. The van der Waals surface area contributed by atoms with E-state index in [1.807, 2.05) is 6.92 Å². The number of methoxy groups -OCH3 is 1. The predicted molar refractivity (Wildman–Crippen MR) is 68.9 cm³/mol. The molecule has 0 radical (unpaired) electrons. The zero-order valence-electron chi connectivity index (χ0n) is 11.7. The largest absolute Gasteiger partial charge is 0.479 e. The number of carbonyl (C=O) groups is 2. The fraction of sp³-hybridized carbons (Fsp3) is 0.846. The highest BCUT2D eigenvalue weighted by Crippen LogP contribution is 2.34. The number of carbonyl (C=O) groups excluding carboxylic acids is 1. The van der Waals surface area contributed by atoms with Crippen molar-refractivity contribution < 1.29 is 24.2 Å². The van der Waals surface area contributed by atoms with E-state index in [0.717, 1.165) is 12.8 Å². The molecule has 0 aliphatic carbocycles. The van der Waals surface area contributed by atoms with Crippen molar-refractivity contribution in [3.05, 3.63) is 0 Å². The Hall–Kier alpha value is -1.14. The highest BCUT2D eigenvalue weighted by atomic mass is 16.5. The van der Waals surface area contributed by atoms with Gasteiger partial charge >= 0.3 is 5.97 Å². The summed E-state index contributed by atoms with van der Waals surface area (Å²) in [5.74, 6) is -1.15. The molecular formula is C13H23NO5. The van der Waals surface area contributed by atoms with Gasteiger partial charge in [-0.05, 0) is 19.3 Å². The molecular weight excluding hydrogens is 250 g/mol. The molecule has 6 heteroatoms. The van der Waals surface area contributed by atoms with E-state index in [9.17, 15) is 14.7 Å². The minimum absolute atomic E-state index is 0.0812. The number of likely N-dealkylation sites (tertiary alicyclic amines) is 1. The van der Waals surface area contributed by atoms with Crippen LogP contribution in [-0.2, 0) is 19.1 Å². The number of carboxylic acids is 1. The van der Waals surface area contributed by atoms with Crippen LogP contribution in [0.1, 0.15) is 32.6 Å². The highest BCUT2D eigenvalue weighted by molar-refractivity contribution is 5.88. The van der Waals surface area contributed by atoms with Crippen LogP contribution in [0.2, 0.25) is 0 Å². The lowest BCUT2D eigenvalue weighted by atomic mass is 9.90. The second-order valence-corrected chi connectivity index (χ2v) is 4.78. The average molecular weight is 273 g/mol. The predicted octanol–water partition coefficient (Wildman–Crippen LogP) is 0.895. The third kappa shape index (κ3) is 3.67. The van der Waals surface area contributed by atoms with E-state index in [0.29, 0.717) is 32.6 Å². The van der Waals surface area contributed by atoms with Crippen LogP contribution in [0.5, 0.6) is 0 Å². The molecule has 0 aromatic rings. The summed E-state index contributed by atoms with van der Waals surface area (Å²) in [5, 5.41) is 9.47. The molecule has 1 N–H and O–H groups in total. The van der Waals surface area contributed by atoms with Gasteiger partial charge in [-0.15, -0.1) is 0 Å². The first-order valence-electron chi connectivity index (χ1n) is 6.69. The molecule has 110 valence electrons. The molecule has 1 aliphatic heterocycles. The molecule has 0 aromatic carbocycles. The standard InChI is InChI=1S/C13H23NO5/c1-3-5-13(12(16)17)6-4-7-14(13)11(15)10-19-9-8-18-2/h3-10H2,1-2H3,(H,16,17). The Balaban J connectivity index is 2.63. The zero-order chi connectivity index (χ0) is 14.3. The number of rotatable bonds is 8. The fourth-order valence-corrected chi connectivity index (χ4v) is 2.62. The minimum Gasteiger partial charge on any atom is -0.479 e. The molecule has 0 aromatic heterocycles. The number of nitrogens with zero attached hydrogens (tertiary/aromatic N) is 1. The summed E-state index contributed by atoms with van der Waals surface area (Å²) in [6.45, 7) is 3.11. The van der Waals surface area contributed by atoms with Gasteiger partial charge in [-0.2, -0.15) is 0 Å².